The summed E-state index contributed by atoms with van der Waals surface area (Å²) < 4.78 is 10.6. The van der Waals surface area contributed by atoms with Crippen LogP contribution in [-0.2, 0) is 4.74 Å². The molecule has 0 saturated carbocycles. The predicted molar refractivity (Wildman–Crippen MR) is 96.3 cm³/mol. The summed E-state index contributed by atoms with van der Waals surface area (Å²) in [7, 11) is 3.16. The van der Waals surface area contributed by atoms with E-state index < -0.39 is 0 Å². The Morgan fingerprint density at radius 1 is 0.960 bits per heavy atom. The maximum Gasteiger partial charge on any atom is 0.259 e. The van der Waals surface area contributed by atoms with Crippen molar-refractivity contribution >= 4 is 17.5 Å². The van der Waals surface area contributed by atoms with Gasteiger partial charge in [0.25, 0.3) is 11.8 Å². The molecule has 0 aromatic heterocycles. The van der Waals surface area contributed by atoms with E-state index >= 15 is 0 Å². The lowest BCUT2D eigenvalue weighted by atomic mass is 10.1. The zero-order valence-corrected chi connectivity index (χ0v) is 14.6. The summed E-state index contributed by atoms with van der Waals surface area (Å²) in [6.45, 7) is 2.58. The normalized spacial score (nSPS) is 10.2. The number of amides is 2. The number of rotatable bonds is 7. The molecule has 2 rings (SSSR count). The molecule has 132 valence electrons. The van der Waals surface area contributed by atoms with E-state index in [1.54, 1.807) is 63.5 Å². The summed E-state index contributed by atoms with van der Waals surface area (Å²) in [6.07, 6.45) is 0. The predicted octanol–water partition coefficient (Wildman–Crippen LogP) is 2.63. The smallest absolute Gasteiger partial charge is 0.259 e. The average Bonchev–Trinajstić information content (AvgIpc) is 2.63. The van der Waals surface area contributed by atoms with Gasteiger partial charge >= 0.3 is 0 Å². The maximum atomic E-state index is 12.6. The summed E-state index contributed by atoms with van der Waals surface area (Å²) in [5, 5.41) is 5.44. The van der Waals surface area contributed by atoms with Gasteiger partial charge in [0.1, 0.15) is 12.4 Å². The van der Waals surface area contributed by atoms with Gasteiger partial charge in [0, 0.05) is 25.4 Å². The summed E-state index contributed by atoms with van der Waals surface area (Å²) in [5.41, 5.74) is 2.22. The van der Waals surface area contributed by atoms with Crippen LogP contribution in [0.2, 0.25) is 0 Å². The third kappa shape index (κ3) is 4.58. The first-order valence-electron chi connectivity index (χ1n) is 7.92. The average molecular weight is 342 g/mol. The van der Waals surface area contributed by atoms with Crippen LogP contribution >= 0.6 is 0 Å². The molecule has 0 atom stereocenters. The van der Waals surface area contributed by atoms with E-state index in [1.807, 2.05) is 0 Å². The Morgan fingerprint density at radius 2 is 1.68 bits per heavy atom. The van der Waals surface area contributed by atoms with Gasteiger partial charge in [-0.05, 0) is 36.8 Å². The molecule has 2 aromatic rings. The van der Waals surface area contributed by atoms with Gasteiger partial charge in [0.2, 0.25) is 0 Å². The number of carbonyl (C=O) groups excluding carboxylic acids is 2. The van der Waals surface area contributed by atoms with Crippen molar-refractivity contribution in [1.29, 1.82) is 0 Å². The molecule has 0 aliphatic rings. The molecule has 0 unspecified atom stereocenters. The lowest BCUT2D eigenvalue weighted by Crippen LogP contribution is -2.20. The molecule has 0 aliphatic heterocycles. The standard InChI is InChI=1S/C19H22N2O4/c1-13-14(18(22)20-2)8-6-9-16(13)21-19(23)15-7-4-5-10-17(15)25-12-11-24-3/h4-10H,11-12H2,1-3H3,(H,20,22)(H,21,23). The minimum atomic E-state index is -0.301. The Kier molecular flexibility index (Phi) is 6.54. The Bertz CT molecular complexity index is 759. The van der Waals surface area contributed by atoms with E-state index in [1.165, 1.54) is 0 Å². The van der Waals surface area contributed by atoms with Gasteiger partial charge in [-0.2, -0.15) is 0 Å². The number of carbonyl (C=O) groups is 2. The van der Waals surface area contributed by atoms with Crippen LogP contribution < -0.4 is 15.4 Å². The monoisotopic (exact) mass is 342 g/mol. The highest BCUT2D eigenvalue weighted by atomic mass is 16.5. The van der Waals surface area contributed by atoms with E-state index in [9.17, 15) is 9.59 Å². The Labute approximate surface area is 147 Å². The molecule has 2 amide bonds. The number of nitrogens with one attached hydrogen (secondary N) is 2. The third-order valence-electron chi connectivity index (χ3n) is 3.73. The molecule has 0 radical (unpaired) electrons. The van der Waals surface area contributed by atoms with Crippen molar-refractivity contribution in [2.45, 2.75) is 6.92 Å². The second kappa shape index (κ2) is 8.84. The highest BCUT2D eigenvalue weighted by Crippen LogP contribution is 2.23. The van der Waals surface area contributed by atoms with Crippen LogP contribution in [0.5, 0.6) is 5.75 Å². The fourth-order valence-electron chi connectivity index (χ4n) is 2.36. The highest BCUT2D eigenvalue weighted by Gasteiger charge is 2.15. The fraction of sp³-hybridized carbons (Fsp3) is 0.263. The summed E-state index contributed by atoms with van der Waals surface area (Å²) in [4.78, 5) is 24.5. The second-order valence-electron chi connectivity index (χ2n) is 5.35. The van der Waals surface area contributed by atoms with Gasteiger partial charge < -0.3 is 20.1 Å². The zero-order chi connectivity index (χ0) is 18.2. The molecule has 6 nitrogen and oxygen atoms in total. The molecular formula is C19H22N2O4. The van der Waals surface area contributed by atoms with Crippen LogP contribution in [-0.4, -0.2) is 39.2 Å². The van der Waals surface area contributed by atoms with Crippen LogP contribution in [0.1, 0.15) is 26.3 Å². The summed E-state index contributed by atoms with van der Waals surface area (Å²) in [5.74, 6) is -0.0146. The Morgan fingerprint density at radius 3 is 2.40 bits per heavy atom. The van der Waals surface area contributed by atoms with Crippen LogP contribution in [0, 0.1) is 6.92 Å². The Hall–Kier alpha value is -2.86. The SMILES string of the molecule is CNC(=O)c1cccc(NC(=O)c2ccccc2OCCOC)c1C. The van der Waals surface area contributed by atoms with Gasteiger partial charge in [-0.1, -0.05) is 18.2 Å². The van der Waals surface area contributed by atoms with Gasteiger partial charge in [-0.25, -0.2) is 0 Å². The largest absolute Gasteiger partial charge is 0.490 e. The number of hydrogen-bond donors (Lipinski definition) is 2. The number of ether oxygens (including phenoxy) is 2. The van der Waals surface area contributed by atoms with Gasteiger partial charge in [-0.15, -0.1) is 0 Å². The molecule has 0 heterocycles. The van der Waals surface area contributed by atoms with Crippen molar-refractivity contribution in [2.24, 2.45) is 0 Å². The number of anilines is 1. The van der Waals surface area contributed by atoms with E-state index in [0.29, 0.717) is 41.3 Å². The van der Waals surface area contributed by atoms with Gasteiger partial charge in [0.05, 0.1) is 12.2 Å². The number of methoxy groups -OCH3 is 1. The highest BCUT2D eigenvalue weighted by molar-refractivity contribution is 6.07. The van der Waals surface area contributed by atoms with Gasteiger partial charge in [-0.3, -0.25) is 9.59 Å². The van der Waals surface area contributed by atoms with E-state index in [4.69, 9.17) is 9.47 Å². The molecule has 0 bridgehead atoms. The second-order valence-corrected chi connectivity index (χ2v) is 5.35. The first-order valence-corrected chi connectivity index (χ1v) is 7.92. The lowest BCUT2D eigenvalue weighted by molar-refractivity contribution is 0.0960. The van der Waals surface area contributed by atoms with Crippen molar-refractivity contribution in [3.05, 3.63) is 59.2 Å². The van der Waals surface area contributed by atoms with Crippen LogP contribution in [0.25, 0.3) is 0 Å². The molecule has 2 aromatic carbocycles. The molecule has 0 spiro atoms. The topological polar surface area (TPSA) is 76.7 Å². The number of benzene rings is 2. The minimum Gasteiger partial charge on any atom is -0.490 e. The van der Waals surface area contributed by atoms with Crippen LogP contribution in [0.3, 0.4) is 0 Å². The number of hydrogen-bond acceptors (Lipinski definition) is 4. The lowest BCUT2D eigenvalue weighted by Gasteiger charge is -2.14. The quantitative estimate of drug-likeness (QED) is 0.759. The van der Waals surface area contributed by atoms with Crippen molar-refractivity contribution in [3.63, 3.8) is 0 Å². The van der Waals surface area contributed by atoms with Crippen molar-refractivity contribution in [2.75, 3.05) is 32.7 Å². The van der Waals surface area contributed by atoms with E-state index in [-0.39, 0.29) is 11.8 Å². The van der Waals surface area contributed by atoms with Crippen LogP contribution in [0.4, 0.5) is 5.69 Å². The minimum absolute atomic E-state index is 0.197. The van der Waals surface area contributed by atoms with Crippen molar-refractivity contribution in [1.82, 2.24) is 5.32 Å². The van der Waals surface area contributed by atoms with E-state index in [2.05, 4.69) is 10.6 Å². The molecule has 6 heteroatoms. The van der Waals surface area contributed by atoms with E-state index in [0.717, 1.165) is 0 Å². The maximum absolute atomic E-state index is 12.6. The summed E-state index contributed by atoms with van der Waals surface area (Å²) >= 11 is 0. The van der Waals surface area contributed by atoms with Crippen LogP contribution in [0.15, 0.2) is 42.5 Å². The molecule has 2 N–H and O–H groups in total. The molecule has 25 heavy (non-hydrogen) atoms. The Balaban J connectivity index is 2.22. The molecule has 0 saturated heterocycles. The molecule has 0 aliphatic carbocycles. The third-order valence-corrected chi connectivity index (χ3v) is 3.73. The number of para-hydroxylation sites is 1. The first-order chi connectivity index (χ1) is 12.1. The zero-order valence-electron chi connectivity index (χ0n) is 14.6. The van der Waals surface area contributed by atoms with Crippen molar-refractivity contribution < 1.29 is 19.1 Å². The molecule has 0 fully saturated rings. The molecular weight excluding hydrogens is 320 g/mol. The summed E-state index contributed by atoms with van der Waals surface area (Å²) in [6, 6.07) is 12.2. The van der Waals surface area contributed by atoms with Crippen molar-refractivity contribution in [3.8, 4) is 5.75 Å². The fourth-order valence-corrected chi connectivity index (χ4v) is 2.36. The van der Waals surface area contributed by atoms with Gasteiger partial charge in [0.15, 0.2) is 0 Å². The first kappa shape index (κ1) is 18.5.